The number of allylic oxidation sites excluding steroid dienone is 1. The molecule has 0 aliphatic rings. The summed E-state index contributed by atoms with van der Waals surface area (Å²) in [6, 6.07) is 14.9. The fraction of sp³-hybridized carbons (Fsp3) is 0.125. The zero-order chi connectivity index (χ0) is 23.4. The van der Waals surface area contributed by atoms with Crippen LogP contribution >= 0.6 is 0 Å². The molecule has 2 aromatic carbocycles. The Bertz CT molecular complexity index is 1370. The van der Waals surface area contributed by atoms with Crippen LogP contribution in [-0.2, 0) is 13.7 Å². The van der Waals surface area contributed by atoms with Crippen molar-refractivity contribution >= 4 is 28.4 Å². The van der Waals surface area contributed by atoms with Gasteiger partial charge in [0, 0.05) is 24.2 Å². The Labute approximate surface area is 189 Å². The van der Waals surface area contributed by atoms with Gasteiger partial charge in [0.05, 0.1) is 12.0 Å². The Balaban J connectivity index is 1.55. The first-order valence-electron chi connectivity index (χ1n) is 10.00. The van der Waals surface area contributed by atoms with E-state index in [1.807, 2.05) is 36.4 Å². The zero-order valence-electron chi connectivity index (χ0n) is 18.0. The maximum Gasteiger partial charge on any atom is 0.318 e. The predicted molar refractivity (Wildman–Crippen MR) is 122 cm³/mol. The molecule has 9 nitrogen and oxygen atoms in total. The largest absolute Gasteiger partial charge is 0.496 e. The van der Waals surface area contributed by atoms with Crippen molar-refractivity contribution in [2.45, 2.75) is 6.61 Å². The molecule has 0 N–H and O–H groups in total. The lowest BCUT2D eigenvalue weighted by Gasteiger charge is -2.12. The zero-order valence-corrected chi connectivity index (χ0v) is 18.0. The lowest BCUT2D eigenvalue weighted by atomic mass is 10.1. The van der Waals surface area contributed by atoms with E-state index in [-0.39, 0.29) is 18.0 Å². The Morgan fingerprint density at radius 2 is 2.00 bits per heavy atom. The van der Waals surface area contributed by atoms with Gasteiger partial charge in [-0.1, -0.05) is 30.3 Å². The molecule has 4 aromatic rings. The van der Waals surface area contributed by atoms with E-state index in [1.54, 1.807) is 31.5 Å². The Kier molecular flexibility index (Phi) is 6.12. The maximum atomic E-state index is 12.5. The van der Waals surface area contributed by atoms with Crippen molar-refractivity contribution in [1.82, 2.24) is 14.8 Å². The predicted octanol–water partition coefficient (Wildman–Crippen LogP) is 4.36. The molecule has 0 spiro atoms. The van der Waals surface area contributed by atoms with E-state index in [9.17, 15) is 14.9 Å². The SMILES string of the molecule is COc1ccc(/C=C/C(=O)c2nn(C)cc2[N+](=O)[O-])cc1COc1cccc2cccnc12. The molecule has 0 aliphatic carbocycles. The minimum atomic E-state index is -0.626. The number of nitrogens with zero attached hydrogens (tertiary/aromatic N) is 4. The van der Waals surface area contributed by atoms with Crippen molar-refractivity contribution in [1.29, 1.82) is 0 Å². The molecule has 33 heavy (non-hydrogen) atoms. The number of hydrogen-bond acceptors (Lipinski definition) is 7. The first kappa shape index (κ1) is 21.7. The van der Waals surface area contributed by atoms with Crippen LogP contribution in [0.1, 0.15) is 21.6 Å². The number of hydrogen-bond donors (Lipinski definition) is 0. The van der Waals surface area contributed by atoms with Crippen LogP contribution < -0.4 is 9.47 Å². The van der Waals surface area contributed by atoms with Gasteiger partial charge in [-0.25, -0.2) is 0 Å². The number of nitro groups is 1. The lowest BCUT2D eigenvalue weighted by molar-refractivity contribution is -0.385. The summed E-state index contributed by atoms with van der Waals surface area (Å²) in [4.78, 5) is 27.4. The van der Waals surface area contributed by atoms with Gasteiger partial charge in [0.15, 0.2) is 0 Å². The smallest absolute Gasteiger partial charge is 0.318 e. The second-order valence-corrected chi connectivity index (χ2v) is 7.18. The van der Waals surface area contributed by atoms with Gasteiger partial charge in [-0.05, 0) is 35.9 Å². The van der Waals surface area contributed by atoms with Gasteiger partial charge in [-0.15, -0.1) is 0 Å². The molecule has 2 heterocycles. The molecule has 2 aromatic heterocycles. The topological polar surface area (TPSA) is 109 Å². The fourth-order valence-corrected chi connectivity index (χ4v) is 3.40. The van der Waals surface area contributed by atoms with Crippen LogP contribution in [0.2, 0.25) is 0 Å². The van der Waals surface area contributed by atoms with Crippen LogP contribution in [0.5, 0.6) is 11.5 Å². The number of ether oxygens (including phenoxy) is 2. The van der Waals surface area contributed by atoms with Crippen molar-refractivity contribution in [3.05, 3.63) is 93.9 Å². The average molecular weight is 444 g/mol. The second-order valence-electron chi connectivity index (χ2n) is 7.18. The number of para-hydroxylation sites is 1. The van der Waals surface area contributed by atoms with E-state index in [0.29, 0.717) is 17.1 Å². The number of aromatic nitrogens is 3. The number of carbonyl (C=O) groups excluding carboxylic acids is 1. The molecule has 166 valence electrons. The maximum absolute atomic E-state index is 12.5. The molecule has 0 atom stereocenters. The molecule has 9 heteroatoms. The third-order valence-corrected chi connectivity index (χ3v) is 4.95. The van der Waals surface area contributed by atoms with E-state index in [2.05, 4.69) is 10.1 Å². The number of aryl methyl sites for hydroxylation is 1. The van der Waals surface area contributed by atoms with E-state index >= 15 is 0 Å². The van der Waals surface area contributed by atoms with Gasteiger partial charge < -0.3 is 9.47 Å². The van der Waals surface area contributed by atoms with Gasteiger partial charge in [-0.2, -0.15) is 5.10 Å². The van der Waals surface area contributed by atoms with Crippen LogP contribution in [0.15, 0.2) is 67.0 Å². The van der Waals surface area contributed by atoms with E-state index in [0.717, 1.165) is 16.5 Å². The first-order valence-corrected chi connectivity index (χ1v) is 10.00. The third kappa shape index (κ3) is 4.72. The van der Waals surface area contributed by atoms with Crippen molar-refractivity contribution in [2.24, 2.45) is 7.05 Å². The molecular weight excluding hydrogens is 424 g/mol. The number of pyridine rings is 1. The summed E-state index contributed by atoms with van der Waals surface area (Å²) >= 11 is 0. The minimum absolute atomic E-state index is 0.209. The number of fused-ring (bicyclic) bond motifs is 1. The molecular formula is C24H20N4O5. The highest BCUT2D eigenvalue weighted by Crippen LogP contribution is 2.27. The first-order chi connectivity index (χ1) is 16.0. The molecule has 0 fully saturated rings. The van der Waals surface area contributed by atoms with Crippen molar-refractivity contribution in [2.75, 3.05) is 7.11 Å². The molecule has 0 saturated heterocycles. The van der Waals surface area contributed by atoms with Crippen LogP contribution in [0.25, 0.3) is 17.0 Å². The average Bonchev–Trinajstić information content (AvgIpc) is 3.23. The quantitative estimate of drug-likeness (QED) is 0.172. The normalized spacial score (nSPS) is 11.1. The monoisotopic (exact) mass is 444 g/mol. The number of ketones is 1. The summed E-state index contributed by atoms with van der Waals surface area (Å²) in [5.74, 6) is 0.721. The lowest BCUT2D eigenvalue weighted by Crippen LogP contribution is -2.01. The van der Waals surface area contributed by atoms with E-state index in [4.69, 9.17) is 9.47 Å². The summed E-state index contributed by atoms with van der Waals surface area (Å²) < 4.78 is 12.7. The number of carbonyl (C=O) groups is 1. The Hall–Kier alpha value is -4.53. The highest BCUT2D eigenvalue weighted by atomic mass is 16.6. The molecule has 0 radical (unpaired) electrons. The van der Waals surface area contributed by atoms with Crippen LogP contribution in [-0.4, -0.2) is 32.6 Å². The number of benzene rings is 2. The van der Waals surface area contributed by atoms with Crippen molar-refractivity contribution in [3.63, 3.8) is 0 Å². The van der Waals surface area contributed by atoms with Gasteiger partial charge in [0.2, 0.25) is 11.5 Å². The molecule has 0 amide bonds. The standard InChI is InChI=1S/C24H20N4O5/c1-27-14-19(28(30)31)24(26-27)20(29)10-8-16-9-11-21(32-2)18(13-16)15-33-22-7-3-5-17-6-4-12-25-23(17)22/h3-14H,15H2,1-2H3/b10-8+. The third-order valence-electron chi connectivity index (χ3n) is 4.95. The van der Waals surface area contributed by atoms with E-state index < -0.39 is 10.7 Å². The van der Waals surface area contributed by atoms with Crippen LogP contribution in [0.3, 0.4) is 0 Å². The molecule has 0 aliphatic heterocycles. The van der Waals surface area contributed by atoms with Gasteiger partial charge in [0.25, 0.3) is 0 Å². The summed E-state index contributed by atoms with van der Waals surface area (Å²) in [7, 11) is 3.09. The Morgan fingerprint density at radius 3 is 2.79 bits per heavy atom. The summed E-state index contributed by atoms with van der Waals surface area (Å²) in [6.07, 6.45) is 5.75. The molecule has 0 unspecified atom stereocenters. The number of methoxy groups -OCH3 is 1. The van der Waals surface area contributed by atoms with Gasteiger partial charge in [-0.3, -0.25) is 24.6 Å². The Morgan fingerprint density at radius 1 is 1.18 bits per heavy atom. The summed E-state index contributed by atoms with van der Waals surface area (Å²) in [5.41, 5.74) is 1.69. The van der Waals surface area contributed by atoms with Crippen molar-refractivity contribution in [3.8, 4) is 11.5 Å². The molecule has 0 bridgehead atoms. The minimum Gasteiger partial charge on any atom is -0.496 e. The fourth-order valence-electron chi connectivity index (χ4n) is 3.40. The van der Waals surface area contributed by atoms with Crippen LogP contribution in [0.4, 0.5) is 5.69 Å². The van der Waals surface area contributed by atoms with E-state index in [1.165, 1.54) is 24.0 Å². The number of rotatable bonds is 8. The summed E-state index contributed by atoms with van der Waals surface area (Å²) in [5, 5.41) is 16.0. The highest BCUT2D eigenvalue weighted by Gasteiger charge is 2.23. The van der Waals surface area contributed by atoms with Crippen molar-refractivity contribution < 1.29 is 19.2 Å². The van der Waals surface area contributed by atoms with Gasteiger partial charge in [0.1, 0.15) is 29.8 Å². The van der Waals surface area contributed by atoms with Crippen LogP contribution in [0, 0.1) is 10.1 Å². The highest BCUT2D eigenvalue weighted by molar-refractivity contribution is 6.08. The molecule has 4 rings (SSSR count). The second kappa shape index (κ2) is 9.31. The summed E-state index contributed by atoms with van der Waals surface area (Å²) in [6.45, 7) is 0.222. The van der Waals surface area contributed by atoms with Gasteiger partial charge >= 0.3 is 5.69 Å². The molecule has 0 saturated carbocycles.